The van der Waals surface area contributed by atoms with Crippen LogP contribution in [-0.2, 0) is 38.4 Å². The molecule has 0 aliphatic heterocycles. The molecule has 0 amide bonds. The van der Waals surface area contributed by atoms with Crippen LogP contribution in [0.2, 0.25) is 0 Å². The van der Waals surface area contributed by atoms with Gasteiger partial charge in [0.05, 0.1) is 35.7 Å². The Morgan fingerprint density at radius 3 is 1.14 bits per heavy atom. The van der Waals surface area contributed by atoms with Gasteiger partial charge in [-0.2, -0.15) is 11.8 Å². The third-order valence-electron chi connectivity index (χ3n) is 4.14. The van der Waals surface area contributed by atoms with Crippen LogP contribution < -0.4 is 0 Å². The standard InChI is InChI=1S/C24H44O10S10/c25-16-39-7-9-41-18-30-22(27)13-36-4-3-35-2-1-33-34-21-44-12-11-43-20-32-24(29)15-38-6-5-37-14-23(28)31-19-42-10-8-40-17-26/h25-26H,1-21H2. The van der Waals surface area contributed by atoms with Crippen LogP contribution in [0.4, 0.5) is 0 Å². The van der Waals surface area contributed by atoms with Gasteiger partial charge in [0.2, 0.25) is 0 Å². The number of carbonyl (C=O) groups excluding carboxylic acids is 3. The van der Waals surface area contributed by atoms with Gasteiger partial charge in [0, 0.05) is 63.3 Å². The number of hydrogen-bond donors (Lipinski definition) is 2. The summed E-state index contributed by atoms with van der Waals surface area (Å²) in [5.41, 5.74) is 0. The summed E-state index contributed by atoms with van der Waals surface area (Å²) in [5, 5.41) is 17.3. The van der Waals surface area contributed by atoms with Gasteiger partial charge in [-0.25, -0.2) is 9.78 Å². The van der Waals surface area contributed by atoms with Gasteiger partial charge in [-0.1, -0.05) is 0 Å². The van der Waals surface area contributed by atoms with Crippen molar-refractivity contribution in [1.29, 1.82) is 0 Å². The first-order chi connectivity index (χ1) is 21.6. The van der Waals surface area contributed by atoms with Crippen LogP contribution in [0, 0.1) is 0 Å². The van der Waals surface area contributed by atoms with Crippen molar-refractivity contribution < 1.29 is 48.6 Å². The van der Waals surface area contributed by atoms with Crippen molar-refractivity contribution in [3.8, 4) is 0 Å². The van der Waals surface area contributed by atoms with Gasteiger partial charge >= 0.3 is 17.9 Å². The molecule has 0 fully saturated rings. The van der Waals surface area contributed by atoms with E-state index in [2.05, 4.69) is 0 Å². The van der Waals surface area contributed by atoms with E-state index in [1.807, 2.05) is 0 Å². The normalized spacial score (nSPS) is 11.0. The third-order valence-corrected chi connectivity index (χ3v) is 13.6. The smallest absolute Gasteiger partial charge is 0.316 e. The molecule has 20 heteroatoms. The Labute approximate surface area is 304 Å². The first-order valence-electron chi connectivity index (χ1n) is 13.3. The van der Waals surface area contributed by atoms with Gasteiger partial charge in [0.25, 0.3) is 0 Å². The van der Waals surface area contributed by atoms with Crippen molar-refractivity contribution >= 4 is 136 Å². The topological polar surface area (TPSA) is 138 Å². The molecule has 0 atom stereocenters. The number of aliphatic hydroxyl groups is 2. The Morgan fingerprint density at radius 2 is 0.727 bits per heavy atom. The Bertz CT molecular complexity index is 673. The number of hydrogen-bond acceptors (Lipinski definition) is 20. The molecule has 0 saturated heterocycles. The molecule has 0 aromatic rings. The predicted octanol–water partition coefficient (Wildman–Crippen LogP) is 4.63. The molecule has 0 radical (unpaired) electrons. The maximum atomic E-state index is 11.8. The van der Waals surface area contributed by atoms with Gasteiger partial charge < -0.3 is 24.4 Å². The van der Waals surface area contributed by atoms with Crippen LogP contribution >= 0.6 is 118 Å². The van der Waals surface area contributed by atoms with Gasteiger partial charge in [-0.15, -0.1) is 106 Å². The van der Waals surface area contributed by atoms with Gasteiger partial charge in [-0.05, 0) is 0 Å². The van der Waals surface area contributed by atoms with Crippen LogP contribution in [0.25, 0.3) is 0 Å². The van der Waals surface area contributed by atoms with Crippen LogP contribution in [-0.4, -0.2) is 151 Å². The zero-order valence-corrected chi connectivity index (χ0v) is 32.8. The summed E-state index contributed by atoms with van der Waals surface area (Å²) in [6.07, 6.45) is 0. The predicted molar refractivity (Wildman–Crippen MR) is 203 cm³/mol. The summed E-state index contributed by atoms with van der Waals surface area (Å²) in [6.45, 7) is 0.504. The maximum absolute atomic E-state index is 11.8. The highest BCUT2D eigenvalue weighted by Crippen LogP contribution is 2.13. The average molecular weight is 813 g/mol. The number of aliphatic hydroxyl groups excluding tert-OH is 2. The highest BCUT2D eigenvalue weighted by atomic mass is 32.2. The maximum Gasteiger partial charge on any atom is 0.316 e. The minimum Gasteiger partial charge on any atom is -0.454 e. The van der Waals surface area contributed by atoms with Crippen molar-refractivity contribution in [3.05, 3.63) is 0 Å². The molecule has 0 aliphatic carbocycles. The second kappa shape index (κ2) is 39.2. The van der Waals surface area contributed by atoms with Crippen molar-refractivity contribution in [2.24, 2.45) is 0 Å². The number of esters is 3. The summed E-state index contributed by atoms with van der Waals surface area (Å²) in [4.78, 5) is 45.4. The van der Waals surface area contributed by atoms with Crippen LogP contribution in [0.5, 0.6) is 0 Å². The summed E-state index contributed by atoms with van der Waals surface area (Å²) in [6, 6.07) is 0. The molecule has 2 N–H and O–H groups in total. The molecule has 10 nitrogen and oxygen atoms in total. The second-order valence-electron chi connectivity index (χ2n) is 7.44. The molecule has 0 saturated carbocycles. The Hall–Kier alpha value is 1.75. The summed E-state index contributed by atoms with van der Waals surface area (Å²) in [7, 11) is 0. The minimum atomic E-state index is -0.234. The van der Waals surface area contributed by atoms with E-state index in [0.29, 0.717) is 47.6 Å². The summed E-state index contributed by atoms with van der Waals surface area (Å²) >= 11 is 15.4. The zero-order chi connectivity index (χ0) is 32.2. The lowest BCUT2D eigenvalue weighted by Gasteiger charge is -2.06. The SMILES string of the molecule is O=C(CSCCSCCOOCSCCSCOC(=O)CSCCSCC(=O)OCSCCSCO)OCSCCSCO. The summed E-state index contributed by atoms with van der Waals surface area (Å²) < 4.78 is 15.5. The van der Waals surface area contributed by atoms with Crippen molar-refractivity contribution in [1.82, 2.24) is 0 Å². The van der Waals surface area contributed by atoms with Gasteiger partial charge in [0.15, 0.2) is 0 Å². The van der Waals surface area contributed by atoms with Crippen molar-refractivity contribution in [3.63, 3.8) is 0 Å². The molecule has 0 unspecified atom stereocenters. The van der Waals surface area contributed by atoms with E-state index in [-0.39, 0.29) is 29.8 Å². The quantitative estimate of drug-likeness (QED) is 0.0230. The van der Waals surface area contributed by atoms with E-state index < -0.39 is 0 Å². The second-order valence-corrected chi connectivity index (χ2v) is 18.3. The number of rotatable bonds is 35. The molecule has 0 heterocycles. The first-order valence-corrected chi connectivity index (χ1v) is 24.8. The largest absolute Gasteiger partial charge is 0.454 e. The van der Waals surface area contributed by atoms with Crippen molar-refractivity contribution in [2.45, 2.75) is 0 Å². The highest BCUT2D eigenvalue weighted by Gasteiger charge is 2.06. The Morgan fingerprint density at radius 1 is 0.386 bits per heavy atom. The van der Waals surface area contributed by atoms with Crippen molar-refractivity contribution in [2.75, 3.05) is 123 Å². The van der Waals surface area contributed by atoms with Crippen LogP contribution in [0.15, 0.2) is 0 Å². The molecule has 0 aliphatic rings. The molecule has 0 bridgehead atoms. The van der Waals surface area contributed by atoms with E-state index >= 15 is 0 Å². The molecular formula is C24H44O10S10. The van der Waals surface area contributed by atoms with Crippen LogP contribution in [0.3, 0.4) is 0 Å². The number of ether oxygens (including phenoxy) is 3. The molecule has 0 rings (SSSR count). The number of carbonyl (C=O) groups is 3. The molecule has 0 aromatic heterocycles. The number of thioether (sulfide) groups is 10. The van der Waals surface area contributed by atoms with Crippen LogP contribution in [0.1, 0.15) is 0 Å². The Balaban J connectivity index is 3.26. The molecule has 44 heavy (non-hydrogen) atoms. The van der Waals surface area contributed by atoms with E-state index in [4.69, 9.17) is 34.2 Å². The first kappa shape index (κ1) is 45.8. The zero-order valence-electron chi connectivity index (χ0n) is 24.6. The molecule has 0 aromatic carbocycles. The fraction of sp³-hybridized carbons (Fsp3) is 0.875. The summed E-state index contributed by atoms with van der Waals surface area (Å²) in [5.74, 6) is 11.2. The fourth-order valence-electron chi connectivity index (χ4n) is 2.19. The lowest BCUT2D eigenvalue weighted by atomic mass is 10.8. The monoisotopic (exact) mass is 812 g/mol. The third kappa shape index (κ3) is 38.2. The lowest BCUT2D eigenvalue weighted by molar-refractivity contribution is -0.274. The van der Waals surface area contributed by atoms with E-state index in [0.717, 1.165) is 63.3 Å². The molecule has 260 valence electrons. The highest BCUT2D eigenvalue weighted by molar-refractivity contribution is 8.04. The Kier molecular flexibility index (Phi) is 40.7. The van der Waals surface area contributed by atoms with E-state index in [1.54, 1.807) is 58.8 Å². The molecular weight excluding hydrogens is 769 g/mol. The fourth-order valence-corrected chi connectivity index (χ4v) is 9.99. The van der Waals surface area contributed by atoms with E-state index in [1.165, 1.54) is 58.8 Å². The molecule has 0 spiro atoms. The van der Waals surface area contributed by atoms with Gasteiger partial charge in [-0.3, -0.25) is 14.4 Å². The van der Waals surface area contributed by atoms with Gasteiger partial charge in [0.1, 0.15) is 23.8 Å². The van der Waals surface area contributed by atoms with E-state index in [9.17, 15) is 14.4 Å². The average Bonchev–Trinajstić information content (AvgIpc) is 3.02. The lowest BCUT2D eigenvalue weighted by Crippen LogP contribution is -2.09. The minimum absolute atomic E-state index is 0.111.